The molecule has 1 aromatic carbocycles. The van der Waals surface area contributed by atoms with Gasteiger partial charge in [0.25, 0.3) is 5.69 Å². The molecule has 0 bridgehead atoms. The van der Waals surface area contributed by atoms with Gasteiger partial charge >= 0.3 is 6.09 Å². The molecule has 0 radical (unpaired) electrons. The quantitative estimate of drug-likeness (QED) is 0.390. The summed E-state index contributed by atoms with van der Waals surface area (Å²) in [6, 6.07) is 5.25. The van der Waals surface area contributed by atoms with Crippen molar-refractivity contribution in [2.24, 2.45) is 5.16 Å². The molecule has 0 fully saturated rings. The van der Waals surface area contributed by atoms with E-state index < -0.39 is 11.0 Å². The molecule has 8 heteroatoms. The van der Waals surface area contributed by atoms with Gasteiger partial charge in [-0.2, -0.15) is 0 Å². The zero-order valence-corrected chi connectivity index (χ0v) is 9.47. The minimum Gasteiger partial charge on any atom is -0.297 e. The van der Waals surface area contributed by atoms with Crippen molar-refractivity contribution in [3.63, 3.8) is 0 Å². The smallest absolute Gasteiger partial charge is 0.297 e. The molecule has 7 nitrogen and oxygen atoms in total. The number of amides is 1. The van der Waals surface area contributed by atoms with Crippen molar-refractivity contribution in [1.29, 1.82) is 0 Å². The fourth-order valence-corrected chi connectivity index (χ4v) is 0.946. The number of nitrogens with zero attached hydrogens (tertiary/aromatic N) is 2. The first-order valence-electron chi connectivity index (χ1n) is 4.41. The zero-order valence-electron chi connectivity index (χ0n) is 8.71. The van der Waals surface area contributed by atoms with Gasteiger partial charge in [0.2, 0.25) is 0 Å². The summed E-state index contributed by atoms with van der Waals surface area (Å²) in [6.07, 6.45) is -0.834. The largest absolute Gasteiger partial charge is 0.437 e. The van der Waals surface area contributed by atoms with Gasteiger partial charge in [-0.3, -0.25) is 20.3 Å². The molecular formula is C9H8ClN3O4. The zero-order chi connectivity index (χ0) is 12.8. The summed E-state index contributed by atoms with van der Waals surface area (Å²) >= 11 is 5.35. The molecule has 0 unspecified atom stereocenters. The highest BCUT2D eigenvalue weighted by Crippen LogP contribution is 2.15. The van der Waals surface area contributed by atoms with E-state index in [2.05, 4.69) is 15.3 Å². The van der Waals surface area contributed by atoms with Crippen molar-refractivity contribution in [3.8, 4) is 0 Å². The van der Waals surface area contributed by atoms with E-state index in [0.29, 0.717) is 5.69 Å². The lowest BCUT2D eigenvalue weighted by Crippen LogP contribution is -2.11. The summed E-state index contributed by atoms with van der Waals surface area (Å²) < 4.78 is 0. The first-order valence-corrected chi connectivity index (χ1v) is 4.79. The predicted octanol–water partition coefficient (Wildman–Crippen LogP) is 2.72. The van der Waals surface area contributed by atoms with Gasteiger partial charge in [-0.05, 0) is 19.1 Å². The van der Waals surface area contributed by atoms with Gasteiger partial charge in [-0.1, -0.05) is 16.8 Å². The lowest BCUT2D eigenvalue weighted by molar-refractivity contribution is -0.384. The Kier molecular flexibility index (Phi) is 4.41. The summed E-state index contributed by atoms with van der Waals surface area (Å²) in [5.41, 5.74) is 0.279. The van der Waals surface area contributed by atoms with E-state index in [1.165, 1.54) is 31.2 Å². The first-order chi connectivity index (χ1) is 7.99. The Bertz CT molecular complexity index is 454. The molecule has 1 aromatic rings. The number of halogens is 1. The topological polar surface area (TPSA) is 93.8 Å². The molecule has 0 aliphatic heterocycles. The van der Waals surface area contributed by atoms with Crippen molar-refractivity contribution >= 4 is 34.2 Å². The minimum atomic E-state index is -0.834. The van der Waals surface area contributed by atoms with Crippen LogP contribution in [0.15, 0.2) is 29.4 Å². The van der Waals surface area contributed by atoms with Gasteiger partial charge in [0.15, 0.2) is 0 Å². The lowest BCUT2D eigenvalue weighted by atomic mass is 10.3. The molecule has 0 heterocycles. The Balaban J connectivity index is 2.60. The van der Waals surface area contributed by atoms with Crippen LogP contribution in [-0.4, -0.2) is 16.2 Å². The molecule has 17 heavy (non-hydrogen) atoms. The van der Waals surface area contributed by atoms with Crippen LogP contribution < -0.4 is 5.32 Å². The molecule has 0 atom stereocenters. The number of anilines is 1. The van der Waals surface area contributed by atoms with Gasteiger partial charge in [-0.25, -0.2) is 4.79 Å². The Morgan fingerprint density at radius 2 is 2.06 bits per heavy atom. The van der Waals surface area contributed by atoms with Gasteiger partial charge in [0.1, 0.15) is 5.17 Å². The van der Waals surface area contributed by atoms with Crippen LogP contribution in [0.1, 0.15) is 6.92 Å². The molecular weight excluding hydrogens is 250 g/mol. The van der Waals surface area contributed by atoms with E-state index in [1.807, 2.05) is 0 Å². The highest BCUT2D eigenvalue weighted by Gasteiger charge is 2.06. The number of carbonyl (C=O) groups is 1. The van der Waals surface area contributed by atoms with Crippen molar-refractivity contribution < 1.29 is 14.6 Å². The second-order valence-corrected chi connectivity index (χ2v) is 3.44. The maximum Gasteiger partial charge on any atom is 0.437 e. The molecule has 0 saturated carbocycles. The van der Waals surface area contributed by atoms with E-state index >= 15 is 0 Å². The minimum absolute atomic E-state index is 0.0708. The van der Waals surface area contributed by atoms with E-state index in [9.17, 15) is 14.9 Å². The van der Waals surface area contributed by atoms with Crippen LogP contribution in [0.25, 0.3) is 0 Å². The number of nitrogens with one attached hydrogen (secondary N) is 1. The van der Waals surface area contributed by atoms with Crippen molar-refractivity contribution in [2.45, 2.75) is 6.92 Å². The number of non-ortho nitro benzene ring substituents is 1. The maximum absolute atomic E-state index is 11.1. The molecule has 0 spiro atoms. The van der Waals surface area contributed by atoms with Crippen molar-refractivity contribution in [1.82, 2.24) is 0 Å². The van der Waals surface area contributed by atoms with Crippen LogP contribution in [0.4, 0.5) is 16.2 Å². The number of nitro benzene ring substituents is 1. The molecule has 90 valence electrons. The number of carbonyl (C=O) groups excluding carboxylic acids is 1. The average molecular weight is 258 g/mol. The van der Waals surface area contributed by atoms with Crippen LogP contribution in [0.3, 0.4) is 0 Å². The molecule has 0 saturated heterocycles. The number of hydrogen-bond acceptors (Lipinski definition) is 5. The summed E-state index contributed by atoms with van der Waals surface area (Å²) in [5, 5.41) is 16.0. The monoisotopic (exact) mass is 257 g/mol. The second-order valence-electron chi connectivity index (χ2n) is 2.90. The van der Waals surface area contributed by atoms with E-state index in [0.717, 1.165) is 0 Å². The van der Waals surface area contributed by atoms with Crippen LogP contribution >= 0.6 is 11.6 Å². The molecule has 1 rings (SSSR count). The summed E-state index contributed by atoms with van der Waals surface area (Å²) in [6.45, 7) is 1.45. The second kappa shape index (κ2) is 5.80. The highest BCUT2D eigenvalue weighted by molar-refractivity contribution is 6.64. The summed E-state index contributed by atoms with van der Waals surface area (Å²) in [7, 11) is 0. The highest BCUT2D eigenvalue weighted by atomic mass is 35.5. The normalized spacial score (nSPS) is 10.8. The SMILES string of the molecule is C/C(Cl)=N\OC(=O)Nc1ccc([N+](=O)[O-])cc1. The number of benzene rings is 1. The predicted molar refractivity (Wildman–Crippen MR) is 62.2 cm³/mol. The van der Waals surface area contributed by atoms with Gasteiger partial charge in [0, 0.05) is 17.8 Å². The Labute approximate surface area is 101 Å². The van der Waals surface area contributed by atoms with Crippen molar-refractivity contribution in [2.75, 3.05) is 5.32 Å². The first kappa shape index (κ1) is 12.9. The Morgan fingerprint density at radius 3 is 2.53 bits per heavy atom. The molecule has 0 aliphatic rings. The Hall–Kier alpha value is -2.15. The van der Waals surface area contributed by atoms with E-state index in [1.54, 1.807) is 0 Å². The van der Waals surface area contributed by atoms with Gasteiger partial charge < -0.3 is 0 Å². The van der Waals surface area contributed by atoms with E-state index in [4.69, 9.17) is 11.6 Å². The number of nitro groups is 1. The maximum atomic E-state index is 11.1. The third kappa shape index (κ3) is 4.47. The number of hydrogen-bond donors (Lipinski definition) is 1. The van der Waals surface area contributed by atoms with Crippen LogP contribution in [-0.2, 0) is 4.84 Å². The number of rotatable bonds is 3. The fraction of sp³-hybridized carbons (Fsp3) is 0.111. The van der Waals surface area contributed by atoms with E-state index in [-0.39, 0.29) is 10.9 Å². The molecule has 1 N–H and O–H groups in total. The Morgan fingerprint density at radius 1 is 1.47 bits per heavy atom. The van der Waals surface area contributed by atoms with Gasteiger partial charge in [0.05, 0.1) is 4.92 Å². The third-order valence-electron chi connectivity index (χ3n) is 1.58. The molecule has 1 amide bonds. The molecule has 0 aromatic heterocycles. The molecule has 0 aliphatic carbocycles. The average Bonchev–Trinajstić information content (AvgIpc) is 2.27. The van der Waals surface area contributed by atoms with Crippen LogP contribution in [0, 0.1) is 10.1 Å². The van der Waals surface area contributed by atoms with Crippen LogP contribution in [0.2, 0.25) is 0 Å². The van der Waals surface area contributed by atoms with Crippen molar-refractivity contribution in [3.05, 3.63) is 34.4 Å². The standard InChI is InChI=1S/C9H8ClN3O4/c1-6(10)12-17-9(14)11-7-2-4-8(5-3-7)13(15)16/h2-5H,1H3,(H,11,14)/b12-6+. The fourth-order valence-electron chi connectivity index (χ4n) is 0.912. The number of oxime groups is 1. The van der Waals surface area contributed by atoms with Crippen LogP contribution in [0.5, 0.6) is 0 Å². The summed E-state index contributed by atoms with van der Waals surface area (Å²) in [4.78, 5) is 25.3. The third-order valence-corrected chi connectivity index (χ3v) is 1.65. The lowest BCUT2D eigenvalue weighted by Gasteiger charge is -2.01. The van der Waals surface area contributed by atoms with Gasteiger partial charge in [-0.15, -0.1) is 0 Å². The summed E-state index contributed by atoms with van der Waals surface area (Å²) in [5.74, 6) is 0.